The van der Waals surface area contributed by atoms with Gasteiger partial charge in [-0.25, -0.2) is 0 Å². The average molecular weight is 273 g/mol. The Morgan fingerprint density at radius 3 is 1.95 bits per heavy atom. The second-order valence-corrected chi connectivity index (χ2v) is 5.30. The van der Waals surface area contributed by atoms with Gasteiger partial charge in [-0.2, -0.15) is 0 Å². The van der Waals surface area contributed by atoms with E-state index in [1.807, 2.05) is 0 Å². The van der Waals surface area contributed by atoms with Gasteiger partial charge in [0.1, 0.15) is 0 Å². The van der Waals surface area contributed by atoms with Gasteiger partial charge in [-0.3, -0.25) is 0 Å². The topological polar surface area (TPSA) is 21.7 Å². The molecule has 0 aliphatic heterocycles. The molecule has 0 fully saturated rings. The van der Waals surface area contributed by atoms with E-state index >= 15 is 0 Å². The van der Waals surface area contributed by atoms with Crippen molar-refractivity contribution in [2.24, 2.45) is 0 Å². The molecule has 0 amide bonds. The van der Waals surface area contributed by atoms with Crippen LogP contribution < -0.4 is 0 Å². The number of ether oxygens (including phenoxy) is 2. The van der Waals surface area contributed by atoms with Gasteiger partial charge in [-0.05, 0) is 26.4 Å². The van der Waals surface area contributed by atoms with E-state index in [-0.39, 0.29) is 0 Å². The number of rotatable bonds is 15. The van der Waals surface area contributed by atoms with Crippen molar-refractivity contribution >= 4 is 0 Å². The first-order chi connectivity index (χ1) is 9.31. The van der Waals surface area contributed by atoms with E-state index in [2.05, 4.69) is 25.8 Å². The van der Waals surface area contributed by atoms with Gasteiger partial charge in [0.2, 0.25) is 0 Å². The summed E-state index contributed by atoms with van der Waals surface area (Å²) in [6.07, 6.45) is 9.12. The molecule has 116 valence electrons. The molecule has 3 heteroatoms. The fraction of sp³-hybridized carbons (Fsp3) is 1.00. The third-order valence-corrected chi connectivity index (χ3v) is 3.27. The molecule has 3 nitrogen and oxygen atoms in total. The zero-order chi connectivity index (χ0) is 14.2. The van der Waals surface area contributed by atoms with Crippen molar-refractivity contribution in [3.8, 4) is 0 Å². The molecule has 0 atom stereocenters. The summed E-state index contributed by atoms with van der Waals surface area (Å²) in [5.74, 6) is 0. The third-order valence-electron chi connectivity index (χ3n) is 3.27. The van der Waals surface area contributed by atoms with Crippen molar-refractivity contribution in [2.75, 3.05) is 46.6 Å². The maximum Gasteiger partial charge on any atom is 0.0701 e. The van der Waals surface area contributed by atoms with Crippen LogP contribution in [-0.4, -0.2) is 51.5 Å². The first-order valence-electron chi connectivity index (χ1n) is 8.15. The van der Waals surface area contributed by atoms with Crippen LogP contribution in [0.3, 0.4) is 0 Å². The van der Waals surface area contributed by atoms with Crippen LogP contribution in [0.5, 0.6) is 0 Å². The van der Waals surface area contributed by atoms with Crippen molar-refractivity contribution in [3.63, 3.8) is 0 Å². The van der Waals surface area contributed by atoms with E-state index in [0.717, 1.165) is 39.4 Å². The summed E-state index contributed by atoms with van der Waals surface area (Å²) in [6.45, 7) is 9.82. The predicted molar refractivity (Wildman–Crippen MR) is 82.8 cm³/mol. The lowest BCUT2D eigenvalue weighted by molar-refractivity contribution is 0.0399. The van der Waals surface area contributed by atoms with Crippen LogP contribution in [0, 0.1) is 0 Å². The van der Waals surface area contributed by atoms with Gasteiger partial charge in [0, 0.05) is 13.2 Å². The number of likely N-dealkylation sites (N-methyl/N-ethyl adjacent to an activating group) is 1. The molecule has 0 aromatic rings. The Morgan fingerprint density at radius 2 is 1.26 bits per heavy atom. The maximum absolute atomic E-state index is 5.56. The first kappa shape index (κ1) is 18.9. The second-order valence-electron chi connectivity index (χ2n) is 5.30. The van der Waals surface area contributed by atoms with E-state index in [1.165, 1.54) is 45.1 Å². The molecule has 19 heavy (non-hydrogen) atoms. The van der Waals surface area contributed by atoms with E-state index in [0.29, 0.717) is 0 Å². The molecule has 0 heterocycles. The van der Waals surface area contributed by atoms with Gasteiger partial charge in [0.05, 0.1) is 19.8 Å². The Balaban J connectivity index is 3.09. The molecule has 0 bridgehead atoms. The minimum atomic E-state index is 0.730. The van der Waals surface area contributed by atoms with Crippen molar-refractivity contribution < 1.29 is 9.47 Å². The van der Waals surface area contributed by atoms with E-state index in [9.17, 15) is 0 Å². The molecule has 0 aliphatic rings. The summed E-state index contributed by atoms with van der Waals surface area (Å²) in [5, 5.41) is 0. The smallest absolute Gasteiger partial charge is 0.0701 e. The molecule has 0 aliphatic carbocycles. The number of unbranched alkanes of at least 4 members (excludes halogenated alkanes) is 5. The highest BCUT2D eigenvalue weighted by Gasteiger charge is 1.98. The van der Waals surface area contributed by atoms with Crippen LogP contribution in [0.2, 0.25) is 0 Å². The standard InChI is InChI=1S/C16H35NO2/c1-4-6-8-9-10-11-17(3)12-14-19-16-15-18-13-7-5-2/h4-16H2,1-3H3. The molecule has 0 N–H and O–H groups in total. The first-order valence-corrected chi connectivity index (χ1v) is 8.15. The number of hydrogen-bond acceptors (Lipinski definition) is 3. The molecule has 0 spiro atoms. The summed E-state index contributed by atoms with van der Waals surface area (Å²) in [4.78, 5) is 2.36. The van der Waals surface area contributed by atoms with Gasteiger partial charge in [-0.15, -0.1) is 0 Å². The fourth-order valence-electron chi connectivity index (χ4n) is 1.89. The third kappa shape index (κ3) is 15.8. The van der Waals surface area contributed by atoms with Crippen LogP contribution in [-0.2, 0) is 9.47 Å². The highest BCUT2D eigenvalue weighted by atomic mass is 16.5. The van der Waals surface area contributed by atoms with E-state index in [1.54, 1.807) is 0 Å². The van der Waals surface area contributed by atoms with E-state index in [4.69, 9.17) is 9.47 Å². The van der Waals surface area contributed by atoms with Crippen LogP contribution in [0.15, 0.2) is 0 Å². The number of nitrogens with zero attached hydrogens (tertiary/aromatic N) is 1. The quantitative estimate of drug-likeness (QED) is 0.424. The molecular weight excluding hydrogens is 238 g/mol. The van der Waals surface area contributed by atoms with Gasteiger partial charge in [-0.1, -0.05) is 46.0 Å². The van der Waals surface area contributed by atoms with Crippen LogP contribution in [0.25, 0.3) is 0 Å². The average Bonchev–Trinajstić information content (AvgIpc) is 2.41. The van der Waals surface area contributed by atoms with Crippen molar-refractivity contribution in [3.05, 3.63) is 0 Å². The Kier molecular flexibility index (Phi) is 15.8. The SMILES string of the molecule is CCCCCCCN(C)CCOCCOCCCC. The van der Waals surface area contributed by atoms with Crippen LogP contribution in [0.1, 0.15) is 58.8 Å². The number of hydrogen-bond donors (Lipinski definition) is 0. The van der Waals surface area contributed by atoms with Gasteiger partial charge in [0.25, 0.3) is 0 Å². The maximum atomic E-state index is 5.56. The van der Waals surface area contributed by atoms with Crippen molar-refractivity contribution in [1.82, 2.24) is 4.90 Å². The Labute approximate surface area is 120 Å². The molecular formula is C16H35NO2. The summed E-state index contributed by atoms with van der Waals surface area (Å²) in [5.41, 5.74) is 0. The molecule has 0 saturated carbocycles. The van der Waals surface area contributed by atoms with E-state index < -0.39 is 0 Å². The van der Waals surface area contributed by atoms with Gasteiger partial charge >= 0.3 is 0 Å². The van der Waals surface area contributed by atoms with Crippen LogP contribution in [0.4, 0.5) is 0 Å². The predicted octanol–water partition coefficient (Wildman–Crippen LogP) is 3.72. The van der Waals surface area contributed by atoms with Gasteiger partial charge in [0.15, 0.2) is 0 Å². The lowest BCUT2D eigenvalue weighted by atomic mass is 10.1. The van der Waals surface area contributed by atoms with Crippen molar-refractivity contribution in [2.45, 2.75) is 58.8 Å². The van der Waals surface area contributed by atoms with Gasteiger partial charge < -0.3 is 14.4 Å². The Hall–Kier alpha value is -0.120. The highest BCUT2D eigenvalue weighted by Crippen LogP contribution is 2.02. The monoisotopic (exact) mass is 273 g/mol. The zero-order valence-corrected chi connectivity index (χ0v) is 13.5. The van der Waals surface area contributed by atoms with Crippen LogP contribution >= 0.6 is 0 Å². The summed E-state index contributed by atoms with van der Waals surface area (Å²) >= 11 is 0. The summed E-state index contributed by atoms with van der Waals surface area (Å²) in [6, 6.07) is 0. The molecule has 0 saturated heterocycles. The zero-order valence-electron chi connectivity index (χ0n) is 13.5. The summed E-state index contributed by atoms with van der Waals surface area (Å²) < 4.78 is 11.0. The Morgan fingerprint density at radius 1 is 0.632 bits per heavy atom. The minimum absolute atomic E-state index is 0.730. The molecule has 0 unspecified atom stereocenters. The summed E-state index contributed by atoms with van der Waals surface area (Å²) in [7, 11) is 2.18. The molecule has 0 aromatic heterocycles. The largest absolute Gasteiger partial charge is 0.379 e. The Bertz CT molecular complexity index is 165. The fourth-order valence-corrected chi connectivity index (χ4v) is 1.89. The van der Waals surface area contributed by atoms with Crippen molar-refractivity contribution in [1.29, 1.82) is 0 Å². The lowest BCUT2D eigenvalue weighted by Gasteiger charge is -2.16. The minimum Gasteiger partial charge on any atom is -0.379 e. The highest BCUT2D eigenvalue weighted by molar-refractivity contribution is 4.52. The normalized spacial score (nSPS) is 11.4. The second kappa shape index (κ2) is 15.9. The lowest BCUT2D eigenvalue weighted by Crippen LogP contribution is -2.24. The molecule has 0 radical (unpaired) electrons. The molecule has 0 rings (SSSR count). The molecule has 0 aromatic carbocycles.